The summed E-state index contributed by atoms with van der Waals surface area (Å²) < 4.78 is 7.28. The Balaban J connectivity index is 1.84. The molecule has 0 saturated carbocycles. The molecule has 1 aromatic rings. The molecule has 0 aromatic carbocycles. The van der Waals surface area contributed by atoms with Crippen molar-refractivity contribution in [2.45, 2.75) is 38.3 Å². The van der Waals surface area contributed by atoms with Gasteiger partial charge in [-0.15, -0.1) is 0 Å². The topological polar surface area (TPSA) is 60.5 Å². The molecule has 1 unspecified atom stereocenters. The van der Waals surface area contributed by atoms with E-state index < -0.39 is 0 Å². The fourth-order valence-electron chi connectivity index (χ4n) is 2.85. The van der Waals surface area contributed by atoms with E-state index in [2.05, 4.69) is 11.8 Å². The predicted octanol–water partition coefficient (Wildman–Crippen LogP) is 1.32. The van der Waals surface area contributed by atoms with Gasteiger partial charge in [0.15, 0.2) is 0 Å². The zero-order valence-electron chi connectivity index (χ0n) is 12.5. The summed E-state index contributed by atoms with van der Waals surface area (Å²) in [7, 11) is 1.79. The summed E-state index contributed by atoms with van der Waals surface area (Å²) >= 11 is 0. The highest BCUT2D eigenvalue weighted by Crippen LogP contribution is 2.23. The number of hydrogen-bond donors (Lipinski definition) is 1. The van der Waals surface area contributed by atoms with Crippen LogP contribution in [0.1, 0.15) is 26.2 Å². The molecular formula is C15H25N3O2. The van der Waals surface area contributed by atoms with Crippen molar-refractivity contribution in [1.29, 1.82) is 0 Å². The van der Waals surface area contributed by atoms with Gasteiger partial charge >= 0.3 is 0 Å². The summed E-state index contributed by atoms with van der Waals surface area (Å²) in [6.07, 6.45) is 4.96. The summed E-state index contributed by atoms with van der Waals surface area (Å²) in [6, 6.07) is 3.17. The van der Waals surface area contributed by atoms with Crippen molar-refractivity contribution in [1.82, 2.24) is 9.47 Å². The van der Waals surface area contributed by atoms with Crippen molar-refractivity contribution >= 4 is 5.69 Å². The van der Waals surface area contributed by atoms with Gasteiger partial charge in [0.2, 0.25) is 0 Å². The van der Waals surface area contributed by atoms with E-state index >= 15 is 0 Å². The van der Waals surface area contributed by atoms with E-state index in [1.807, 2.05) is 0 Å². The Morgan fingerprint density at radius 3 is 2.95 bits per heavy atom. The van der Waals surface area contributed by atoms with Gasteiger partial charge < -0.3 is 19.9 Å². The van der Waals surface area contributed by atoms with Crippen LogP contribution in [0.3, 0.4) is 0 Å². The second kappa shape index (κ2) is 6.41. The number of methoxy groups -OCH3 is 1. The monoisotopic (exact) mass is 279 g/mol. The van der Waals surface area contributed by atoms with Gasteiger partial charge in [-0.3, -0.25) is 4.79 Å². The Labute approximate surface area is 120 Å². The van der Waals surface area contributed by atoms with E-state index in [0.29, 0.717) is 12.2 Å². The number of aromatic nitrogens is 1. The lowest BCUT2D eigenvalue weighted by atomic mass is 9.95. The lowest BCUT2D eigenvalue weighted by molar-refractivity contribution is -0.0509. The largest absolute Gasteiger partial charge is 0.398 e. The number of pyridine rings is 1. The molecule has 1 fully saturated rings. The van der Waals surface area contributed by atoms with Crippen molar-refractivity contribution < 1.29 is 4.74 Å². The molecule has 0 amide bonds. The first-order chi connectivity index (χ1) is 9.52. The van der Waals surface area contributed by atoms with Crippen LogP contribution in [0, 0.1) is 0 Å². The van der Waals surface area contributed by atoms with Gasteiger partial charge in [-0.25, -0.2) is 0 Å². The molecule has 5 heteroatoms. The number of likely N-dealkylation sites (tertiary alicyclic amines) is 1. The van der Waals surface area contributed by atoms with Gasteiger partial charge in [0.05, 0.1) is 5.60 Å². The Kier molecular flexibility index (Phi) is 4.83. The molecule has 1 saturated heterocycles. The third kappa shape index (κ3) is 3.84. The molecule has 2 rings (SSSR count). The molecule has 1 atom stereocenters. The lowest BCUT2D eigenvalue weighted by Crippen LogP contribution is -2.47. The van der Waals surface area contributed by atoms with E-state index in [4.69, 9.17) is 10.5 Å². The lowest BCUT2D eigenvalue weighted by Gasteiger charge is -2.39. The quantitative estimate of drug-likeness (QED) is 0.883. The zero-order valence-corrected chi connectivity index (χ0v) is 12.5. The average Bonchev–Trinajstić information content (AvgIpc) is 2.43. The number of nitrogens with zero attached hydrogens (tertiary/aromatic N) is 2. The molecule has 5 nitrogen and oxygen atoms in total. The number of piperidine rings is 1. The van der Waals surface area contributed by atoms with Crippen LogP contribution in [0.2, 0.25) is 0 Å². The smallest absolute Gasteiger partial charge is 0.250 e. The molecule has 2 N–H and O–H groups in total. The minimum atomic E-state index is -0.0216. The van der Waals surface area contributed by atoms with Crippen LogP contribution >= 0.6 is 0 Å². The van der Waals surface area contributed by atoms with E-state index in [-0.39, 0.29) is 11.2 Å². The third-order valence-corrected chi connectivity index (χ3v) is 4.11. The third-order valence-electron chi connectivity index (χ3n) is 4.11. The van der Waals surface area contributed by atoms with E-state index in [1.165, 1.54) is 12.5 Å². The fraction of sp³-hybridized carbons (Fsp3) is 0.667. The van der Waals surface area contributed by atoms with Crippen LogP contribution in [0.25, 0.3) is 0 Å². The summed E-state index contributed by atoms with van der Waals surface area (Å²) in [5, 5.41) is 0. The number of anilines is 1. The first-order valence-electron chi connectivity index (χ1n) is 7.26. The maximum Gasteiger partial charge on any atom is 0.250 e. The summed E-state index contributed by atoms with van der Waals surface area (Å²) in [6.45, 7) is 5.95. The number of aryl methyl sites for hydroxylation is 1. The Bertz CT molecular complexity index is 500. The highest BCUT2D eigenvalue weighted by atomic mass is 16.5. The first kappa shape index (κ1) is 15.1. The molecule has 1 aliphatic rings. The number of hydrogen-bond acceptors (Lipinski definition) is 4. The summed E-state index contributed by atoms with van der Waals surface area (Å²) in [5.41, 5.74) is 6.33. The van der Waals surface area contributed by atoms with Gasteiger partial charge in [0.1, 0.15) is 0 Å². The van der Waals surface area contributed by atoms with Gasteiger partial charge in [0.25, 0.3) is 5.56 Å². The second-order valence-corrected chi connectivity index (χ2v) is 5.88. The highest BCUT2D eigenvalue weighted by Gasteiger charge is 2.30. The molecule has 0 aliphatic carbocycles. The van der Waals surface area contributed by atoms with Crippen LogP contribution in [-0.4, -0.2) is 41.8 Å². The molecule has 0 spiro atoms. The number of ether oxygens (including phenoxy) is 1. The minimum Gasteiger partial charge on any atom is -0.398 e. The van der Waals surface area contributed by atoms with Crippen molar-refractivity contribution in [2.75, 3.05) is 32.5 Å². The highest BCUT2D eigenvalue weighted by molar-refractivity contribution is 5.33. The molecule has 0 bridgehead atoms. The van der Waals surface area contributed by atoms with E-state index in [9.17, 15) is 4.79 Å². The Morgan fingerprint density at radius 2 is 2.20 bits per heavy atom. The van der Waals surface area contributed by atoms with Crippen molar-refractivity contribution in [3.63, 3.8) is 0 Å². The van der Waals surface area contributed by atoms with Gasteiger partial charge in [0, 0.05) is 38.1 Å². The van der Waals surface area contributed by atoms with Gasteiger partial charge in [-0.1, -0.05) is 0 Å². The van der Waals surface area contributed by atoms with E-state index in [1.54, 1.807) is 23.9 Å². The van der Waals surface area contributed by atoms with Crippen LogP contribution in [0.4, 0.5) is 5.69 Å². The van der Waals surface area contributed by atoms with Crippen LogP contribution in [0.15, 0.2) is 23.1 Å². The van der Waals surface area contributed by atoms with Crippen molar-refractivity contribution in [3.05, 3.63) is 28.7 Å². The summed E-state index contributed by atoms with van der Waals surface area (Å²) in [5.74, 6) is 0. The maximum absolute atomic E-state index is 11.7. The van der Waals surface area contributed by atoms with Crippen LogP contribution in [0.5, 0.6) is 0 Å². The molecular weight excluding hydrogens is 254 g/mol. The molecule has 2 heterocycles. The zero-order chi connectivity index (χ0) is 14.6. The fourth-order valence-corrected chi connectivity index (χ4v) is 2.85. The van der Waals surface area contributed by atoms with Crippen LogP contribution in [-0.2, 0) is 11.3 Å². The molecule has 1 aliphatic heterocycles. The molecule has 112 valence electrons. The van der Waals surface area contributed by atoms with Gasteiger partial charge in [-0.05, 0) is 45.3 Å². The Hall–Kier alpha value is -1.33. The number of nitrogens with two attached hydrogens (primary N) is 1. The number of nitrogen functional groups attached to an aromatic ring is 1. The Morgan fingerprint density at radius 1 is 1.40 bits per heavy atom. The van der Waals surface area contributed by atoms with Crippen molar-refractivity contribution in [2.24, 2.45) is 0 Å². The first-order valence-corrected chi connectivity index (χ1v) is 7.26. The van der Waals surface area contributed by atoms with Crippen LogP contribution < -0.4 is 11.3 Å². The average molecular weight is 279 g/mol. The second-order valence-electron chi connectivity index (χ2n) is 5.88. The van der Waals surface area contributed by atoms with Crippen molar-refractivity contribution in [3.8, 4) is 0 Å². The molecule has 1 aromatic heterocycles. The molecule has 20 heavy (non-hydrogen) atoms. The predicted molar refractivity (Wildman–Crippen MR) is 80.8 cm³/mol. The van der Waals surface area contributed by atoms with Gasteiger partial charge in [-0.2, -0.15) is 0 Å². The SMILES string of the molecule is COC1(C)CCCN(CCCn2cc(N)ccc2=O)C1. The number of rotatable bonds is 5. The summed E-state index contributed by atoms with van der Waals surface area (Å²) in [4.78, 5) is 14.1. The van der Waals surface area contributed by atoms with E-state index in [0.717, 1.165) is 32.5 Å². The minimum absolute atomic E-state index is 0.0135. The molecule has 0 radical (unpaired) electrons. The standard InChI is InChI=1S/C15H25N3O2/c1-15(20-2)7-3-8-17(12-15)9-4-10-18-11-13(16)5-6-14(18)19/h5-6,11H,3-4,7-10,12,16H2,1-2H3. The maximum atomic E-state index is 11.7. The normalized spacial score (nSPS) is 23.9.